The topological polar surface area (TPSA) is 41.7 Å². The van der Waals surface area contributed by atoms with E-state index in [1.165, 1.54) is 11.1 Å². The molecule has 0 aliphatic carbocycles. The maximum absolute atomic E-state index is 5.52. The molecule has 1 saturated heterocycles. The molecule has 0 saturated carbocycles. The fourth-order valence-corrected chi connectivity index (χ4v) is 3.51. The lowest BCUT2D eigenvalue weighted by atomic mass is 9.96. The van der Waals surface area contributed by atoms with Crippen LogP contribution in [0.1, 0.15) is 17.2 Å². The minimum Gasteiger partial charge on any atom is -0.379 e. The summed E-state index contributed by atoms with van der Waals surface area (Å²) in [6.45, 7) is 7.35. The molecule has 0 atom stereocenters. The van der Waals surface area contributed by atoms with E-state index in [2.05, 4.69) is 70.5 Å². The second kappa shape index (κ2) is 9.68. The largest absolute Gasteiger partial charge is 0.379 e. The molecule has 4 nitrogen and oxygen atoms in total. The number of nitrogens with zero attached hydrogens (tertiary/aromatic N) is 2. The summed E-state index contributed by atoms with van der Waals surface area (Å²) in [5, 5.41) is 0. The quantitative estimate of drug-likeness (QED) is 0.750. The van der Waals surface area contributed by atoms with E-state index in [1.54, 1.807) is 0 Å². The van der Waals surface area contributed by atoms with Crippen LogP contribution in [0.5, 0.6) is 0 Å². The summed E-state index contributed by atoms with van der Waals surface area (Å²) >= 11 is 0. The normalized spacial score (nSPS) is 16.4. The summed E-state index contributed by atoms with van der Waals surface area (Å²) in [4.78, 5) is 5.09. The van der Waals surface area contributed by atoms with Gasteiger partial charge in [-0.2, -0.15) is 0 Å². The highest BCUT2D eigenvalue weighted by molar-refractivity contribution is 5.31. The van der Waals surface area contributed by atoms with Crippen LogP contribution in [-0.4, -0.2) is 62.3 Å². The molecule has 134 valence electrons. The molecular weight excluding hydrogens is 310 g/mol. The molecule has 2 aromatic carbocycles. The smallest absolute Gasteiger partial charge is 0.0602 e. The van der Waals surface area contributed by atoms with Gasteiger partial charge in [0, 0.05) is 39.3 Å². The van der Waals surface area contributed by atoms with Gasteiger partial charge >= 0.3 is 0 Å². The van der Waals surface area contributed by atoms with Crippen molar-refractivity contribution in [2.45, 2.75) is 6.04 Å². The Hall–Kier alpha value is -1.72. The predicted molar refractivity (Wildman–Crippen MR) is 103 cm³/mol. The van der Waals surface area contributed by atoms with Gasteiger partial charge in [0.25, 0.3) is 0 Å². The first kappa shape index (κ1) is 18.1. The van der Waals surface area contributed by atoms with Crippen LogP contribution in [0.4, 0.5) is 0 Å². The van der Waals surface area contributed by atoms with E-state index in [0.29, 0.717) is 19.2 Å². The van der Waals surface area contributed by atoms with Crippen LogP contribution in [0.25, 0.3) is 0 Å². The van der Waals surface area contributed by atoms with Crippen LogP contribution < -0.4 is 5.73 Å². The SMILES string of the molecule is NCCOCCN1CCN(C(c2ccccc2)c2ccccc2)CC1. The van der Waals surface area contributed by atoms with E-state index in [0.717, 1.165) is 39.3 Å². The van der Waals surface area contributed by atoms with Crippen molar-refractivity contribution >= 4 is 0 Å². The first-order valence-corrected chi connectivity index (χ1v) is 9.22. The van der Waals surface area contributed by atoms with Gasteiger partial charge in [0.2, 0.25) is 0 Å². The number of hydrogen-bond donors (Lipinski definition) is 1. The van der Waals surface area contributed by atoms with Crippen molar-refractivity contribution in [2.75, 3.05) is 52.5 Å². The molecule has 0 aromatic heterocycles. The molecule has 1 aliphatic rings. The fourth-order valence-electron chi connectivity index (χ4n) is 3.51. The second-order valence-corrected chi connectivity index (χ2v) is 6.50. The molecule has 3 rings (SSSR count). The Balaban J connectivity index is 1.63. The van der Waals surface area contributed by atoms with Crippen LogP contribution in [0, 0.1) is 0 Å². The van der Waals surface area contributed by atoms with Crippen molar-refractivity contribution in [3.63, 3.8) is 0 Å². The van der Waals surface area contributed by atoms with Crippen LogP contribution in [0.2, 0.25) is 0 Å². The highest BCUT2D eigenvalue weighted by Gasteiger charge is 2.26. The van der Waals surface area contributed by atoms with E-state index in [4.69, 9.17) is 10.5 Å². The van der Waals surface area contributed by atoms with Crippen molar-refractivity contribution < 1.29 is 4.74 Å². The molecule has 0 radical (unpaired) electrons. The zero-order valence-corrected chi connectivity index (χ0v) is 14.9. The number of rotatable bonds is 8. The molecule has 0 unspecified atom stereocenters. The molecule has 0 amide bonds. The minimum absolute atomic E-state index is 0.332. The Bertz CT molecular complexity index is 558. The van der Waals surface area contributed by atoms with E-state index >= 15 is 0 Å². The Morgan fingerprint density at radius 1 is 0.800 bits per heavy atom. The predicted octanol–water partition coefficient (Wildman–Crippen LogP) is 2.37. The third-order valence-corrected chi connectivity index (χ3v) is 4.82. The minimum atomic E-state index is 0.332. The van der Waals surface area contributed by atoms with Gasteiger partial charge in [-0.25, -0.2) is 0 Å². The van der Waals surface area contributed by atoms with E-state index in [1.807, 2.05) is 0 Å². The van der Waals surface area contributed by atoms with E-state index in [9.17, 15) is 0 Å². The summed E-state index contributed by atoms with van der Waals surface area (Å²) in [6.07, 6.45) is 0. The maximum Gasteiger partial charge on any atom is 0.0602 e. The third kappa shape index (κ3) is 5.13. The lowest BCUT2D eigenvalue weighted by Gasteiger charge is -2.39. The number of ether oxygens (including phenoxy) is 1. The van der Waals surface area contributed by atoms with Crippen LogP contribution >= 0.6 is 0 Å². The number of piperazine rings is 1. The third-order valence-electron chi connectivity index (χ3n) is 4.82. The molecule has 1 fully saturated rings. The zero-order valence-electron chi connectivity index (χ0n) is 14.9. The van der Waals surface area contributed by atoms with Crippen LogP contribution in [0.3, 0.4) is 0 Å². The monoisotopic (exact) mass is 339 g/mol. The van der Waals surface area contributed by atoms with Gasteiger partial charge < -0.3 is 10.5 Å². The summed E-state index contributed by atoms with van der Waals surface area (Å²) < 4.78 is 5.52. The summed E-state index contributed by atoms with van der Waals surface area (Å²) in [5.74, 6) is 0. The van der Waals surface area contributed by atoms with E-state index in [-0.39, 0.29) is 0 Å². The average molecular weight is 339 g/mol. The van der Waals surface area contributed by atoms with E-state index < -0.39 is 0 Å². The standard InChI is InChI=1S/C21H29N3O/c22-11-17-25-18-16-23-12-14-24(15-13-23)21(19-7-3-1-4-8-19)20-9-5-2-6-10-20/h1-10,21H,11-18,22H2. The van der Waals surface area contributed by atoms with Gasteiger partial charge in [0.15, 0.2) is 0 Å². The molecule has 1 aliphatic heterocycles. The van der Waals surface area contributed by atoms with Gasteiger partial charge in [0.1, 0.15) is 0 Å². The van der Waals surface area contributed by atoms with Crippen molar-refractivity contribution in [1.29, 1.82) is 0 Å². The van der Waals surface area contributed by atoms with Gasteiger partial charge in [-0.3, -0.25) is 9.80 Å². The number of nitrogens with two attached hydrogens (primary N) is 1. The first-order valence-electron chi connectivity index (χ1n) is 9.22. The summed E-state index contributed by atoms with van der Waals surface area (Å²) in [6, 6.07) is 22.0. The highest BCUT2D eigenvalue weighted by atomic mass is 16.5. The maximum atomic E-state index is 5.52. The Labute approximate surface area is 151 Å². The molecule has 2 aromatic rings. The molecule has 2 N–H and O–H groups in total. The number of hydrogen-bond acceptors (Lipinski definition) is 4. The first-order chi connectivity index (χ1) is 12.4. The van der Waals surface area contributed by atoms with Gasteiger partial charge in [-0.15, -0.1) is 0 Å². The van der Waals surface area contributed by atoms with Crippen LogP contribution in [-0.2, 0) is 4.74 Å². The number of benzene rings is 2. The van der Waals surface area contributed by atoms with Gasteiger partial charge in [-0.1, -0.05) is 60.7 Å². The lowest BCUT2D eigenvalue weighted by molar-refractivity contribution is 0.0692. The van der Waals surface area contributed by atoms with Gasteiger partial charge in [-0.05, 0) is 11.1 Å². The van der Waals surface area contributed by atoms with Crippen LogP contribution in [0.15, 0.2) is 60.7 Å². The zero-order chi connectivity index (χ0) is 17.3. The molecular formula is C21H29N3O. The molecule has 4 heteroatoms. The molecule has 25 heavy (non-hydrogen) atoms. The Morgan fingerprint density at radius 2 is 1.36 bits per heavy atom. The van der Waals surface area contributed by atoms with Crippen molar-refractivity contribution in [3.8, 4) is 0 Å². The molecule has 0 spiro atoms. The van der Waals surface area contributed by atoms with Gasteiger partial charge in [0.05, 0.1) is 19.3 Å². The van der Waals surface area contributed by atoms with Crippen molar-refractivity contribution in [1.82, 2.24) is 9.80 Å². The Kier molecular flexibility index (Phi) is 7.00. The Morgan fingerprint density at radius 3 is 1.88 bits per heavy atom. The molecule has 0 bridgehead atoms. The lowest BCUT2D eigenvalue weighted by Crippen LogP contribution is -2.48. The second-order valence-electron chi connectivity index (χ2n) is 6.50. The summed E-state index contributed by atoms with van der Waals surface area (Å²) in [7, 11) is 0. The van der Waals surface area contributed by atoms with Crippen molar-refractivity contribution in [3.05, 3.63) is 71.8 Å². The fraction of sp³-hybridized carbons (Fsp3) is 0.429. The average Bonchev–Trinajstić information content (AvgIpc) is 2.68. The molecule has 1 heterocycles. The summed E-state index contributed by atoms with van der Waals surface area (Å²) in [5.41, 5.74) is 8.20. The van der Waals surface area contributed by atoms with Crippen molar-refractivity contribution in [2.24, 2.45) is 5.73 Å². The highest BCUT2D eigenvalue weighted by Crippen LogP contribution is 2.29.